The molecular formula is C11H22O2. The Hall–Kier alpha value is -0.0800. The number of hydrogen-bond acceptors (Lipinski definition) is 2. The van der Waals surface area contributed by atoms with Crippen LogP contribution in [-0.2, 0) is 4.74 Å². The van der Waals surface area contributed by atoms with Gasteiger partial charge in [0.15, 0.2) is 0 Å². The van der Waals surface area contributed by atoms with Crippen LogP contribution in [0.25, 0.3) is 0 Å². The molecule has 2 nitrogen and oxygen atoms in total. The van der Waals surface area contributed by atoms with Gasteiger partial charge in [0.1, 0.15) is 0 Å². The Balaban J connectivity index is 2.80. The molecule has 2 heteroatoms. The van der Waals surface area contributed by atoms with E-state index in [2.05, 4.69) is 27.7 Å². The molecule has 0 spiro atoms. The second kappa shape index (κ2) is 3.97. The molecule has 0 radical (unpaired) electrons. The highest BCUT2D eigenvalue weighted by atomic mass is 16.5. The number of ether oxygens (including phenoxy) is 1. The van der Waals surface area contributed by atoms with Crippen molar-refractivity contribution in [3.63, 3.8) is 0 Å². The Morgan fingerprint density at radius 2 is 1.77 bits per heavy atom. The second-order valence-electron chi connectivity index (χ2n) is 4.23. The van der Waals surface area contributed by atoms with Crippen molar-refractivity contribution in [3.05, 3.63) is 0 Å². The molecule has 1 aliphatic rings. The zero-order valence-corrected chi connectivity index (χ0v) is 9.21. The van der Waals surface area contributed by atoms with Crippen molar-refractivity contribution in [2.45, 2.75) is 52.2 Å². The summed E-state index contributed by atoms with van der Waals surface area (Å²) in [5, 5.41) is 9.25. The Bertz CT molecular complexity index is 163. The molecule has 1 fully saturated rings. The predicted octanol–water partition coefficient (Wildman–Crippen LogP) is 2.21. The van der Waals surface area contributed by atoms with Gasteiger partial charge in [0, 0.05) is 12.5 Å². The average Bonchev–Trinajstić information content (AvgIpc) is 2.38. The summed E-state index contributed by atoms with van der Waals surface area (Å²) < 4.78 is 6.00. The second-order valence-corrected chi connectivity index (χ2v) is 4.23. The van der Waals surface area contributed by atoms with Gasteiger partial charge in [-0.2, -0.15) is 0 Å². The standard InChI is InChI=1S/C11H22O2/c1-5-11(6-2)8(3)10(7-12)9(4)13-11/h8-10,12H,5-7H2,1-4H3/t8-,9-,10?/m1/s1. The smallest absolute Gasteiger partial charge is 0.0710 e. The first-order valence-electron chi connectivity index (χ1n) is 5.40. The summed E-state index contributed by atoms with van der Waals surface area (Å²) in [5.41, 5.74) is 0.0206. The van der Waals surface area contributed by atoms with Gasteiger partial charge in [0.2, 0.25) is 0 Å². The Kier molecular flexibility index (Phi) is 3.36. The Labute approximate surface area is 81.3 Å². The highest BCUT2D eigenvalue weighted by Gasteiger charge is 2.48. The molecule has 1 saturated heterocycles. The SMILES string of the molecule is CCC1(CC)O[C@H](C)C(CO)[C@H]1C. The number of aliphatic hydroxyl groups excluding tert-OH is 1. The zero-order chi connectivity index (χ0) is 10.1. The third kappa shape index (κ3) is 1.62. The summed E-state index contributed by atoms with van der Waals surface area (Å²) in [6.07, 6.45) is 2.30. The molecule has 78 valence electrons. The zero-order valence-electron chi connectivity index (χ0n) is 9.21. The summed E-state index contributed by atoms with van der Waals surface area (Å²) in [7, 11) is 0. The van der Waals surface area contributed by atoms with Crippen molar-refractivity contribution in [3.8, 4) is 0 Å². The molecule has 1 rings (SSSR count). The highest BCUT2D eigenvalue weighted by Crippen LogP contribution is 2.44. The summed E-state index contributed by atoms with van der Waals surface area (Å²) in [5.74, 6) is 0.794. The lowest BCUT2D eigenvalue weighted by atomic mass is 9.78. The van der Waals surface area contributed by atoms with Gasteiger partial charge in [-0.15, -0.1) is 0 Å². The molecule has 0 aliphatic carbocycles. The van der Waals surface area contributed by atoms with Crippen LogP contribution < -0.4 is 0 Å². The van der Waals surface area contributed by atoms with Crippen molar-refractivity contribution in [1.29, 1.82) is 0 Å². The van der Waals surface area contributed by atoms with Crippen LogP contribution in [0.15, 0.2) is 0 Å². The van der Waals surface area contributed by atoms with Crippen molar-refractivity contribution in [2.75, 3.05) is 6.61 Å². The Morgan fingerprint density at radius 3 is 2.00 bits per heavy atom. The first-order valence-corrected chi connectivity index (χ1v) is 5.40. The van der Waals surface area contributed by atoms with Gasteiger partial charge in [-0.25, -0.2) is 0 Å². The molecule has 3 atom stereocenters. The van der Waals surface area contributed by atoms with Gasteiger partial charge in [-0.1, -0.05) is 20.8 Å². The molecule has 0 bridgehead atoms. The molecule has 13 heavy (non-hydrogen) atoms. The van der Waals surface area contributed by atoms with Crippen molar-refractivity contribution < 1.29 is 9.84 Å². The van der Waals surface area contributed by atoms with E-state index in [-0.39, 0.29) is 18.3 Å². The van der Waals surface area contributed by atoms with Crippen LogP contribution >= 0.6 is 0 Å². The van der Waals surface area contributed by atoms with Crippen LogP contribution in [0.1, 0.15) is 40.5 Å². The molecule has 0 saturated carbocycles. The largest absolute Gasteiger partial charge is 0.396 e. The lowest BCUT2D eigenvalue weighted by Gasteiger charge is -2.31. The van der Waals surface area contributed by atoms with E-state index in [1.54, 1.807) is 0 Å². The maximum absolute atomic E-state index is 9.25. The van der Waals surface area contributed by atoms with Gasteiger partial charge in [-0.05, 0) is 25.7 Å². The first kappa shape index (κ1) is 11.0. The van der Waals surface area contributed by atoms with Crippen LogP contribution in [0.3, 0.4) is 0 Å². The van der Waals surface area contributed by atoms with Crippen LogP contribution in [-0.4, -0.2) is 23.4 Å². The summed E-state index contributed by atoms with van der Waals surface area (Å²) >= 11 is 0. The first-order chi connectivity index (χ1) is 6.11. The van der Waals surface area contributed by atoms with E-state index < -0.39 is 0 Å². The fraction of sp³-hybridized carbons (Fsp3) is 1.00. The maximum atomic E-state index is 9.25. The minimum absolute atomic E-state index is 0.0206. The number of rotatable bonds is 3. The summed E-state index contributed by atoms with van der Waals surface area (Å²) in [6.45, 7) is 8.88. The molecule has 1 N–H and O–H groups in total. The molecule has 0 aromatic carbocycles. The molecule has 1 heterocycles. The number of aliphatic hydroxyl groups is 1. The molecule has 0 aromatic rings. The van der Waals surface area contributed by atoms with Gasteiger partial charge in [0.25, 0.3) is 0 Å². The van der Waals surface area contributed by atoms with Crippen molar-refractivity contribution >= 4 is 0 Å². The normalized spacial score (nSPS) is 38.1. The van der Waals surface area contributed by atoms with E-state index in [1.165, 1.54) is 0 Å². The third-order valence-electron chi connectivity index (χ3n) is 3.90. The predicted molar refractivity (Wildman–Crippen MR) is 53.6 cm³/mol. The highest BCUT2D eigenvalue weighted by molar-refractivity contribution is 4.96. The van der Waals surface area contributed by atoms with Gasteiger partial charge in [0.05, 0.1) is 11.7 Å². The minimum Gasteiger partial charge on any atom is -0.396 e. The molecule has 1 aliphatic heterocycles. The summed E-state index contributed by atoms with van der Waals surface area (Å²) in [4.78, 5) is 0. The molecule has 0 amide bonds. The van der Waals surface area contributed by atoms with E-state index in [9.17, 15) is 5.11 Å². The van der Waals surface area contributed by atoms with Gasteiger partial charge < -0.3 is 9.84 Å². The van der Waals surface area contributed by atoms with Crippen molar-refractivity contribution in [1.82, 2.24) is 0 Å². The fourth-order valence-electron chi connectivity index (χ4n) is 2.73. The van der Waals surface area contributed by atoms with E-state index in [1.807, 2.05) is 0 Å². The lowest BCUT2D eigenvalue weighted by molar-refractivity contribution is -0.0565. The van der Waals surface area contributed by atoms with E-state index in [4.69, 9.17) is 4.74 Å². The monoisotopic (exact) mass is 186 g/mol. The average molecular weight is 186 g/mol. The van der Waals surface area contributed by atoms with E-state index in [0.717, 1.165) is 12.8 Å². The fourth-order valence-corrected chi connectivity index (χ4v) is 2.73. The molecule has 1 unspecified atom stereocenters. The number of hydrogen-bond donors (Lipinski definition) is 1. The third-order valence-corrected chi connectivity index (χ3v) is 3.90. The van der Waals surface area contributed by atoms with Gasteiger partial charge in [-0.3, -0.25) is 0 Å². The summed E-state index contributed by atoms with van der Waals surface area (Å²) in [6, 6.07) is 0. The van der Waals surface area contributed by atoms with Crippen LogP contribution in [0.5, 0.6) is 0 Å². The van der Waals surface area contributed by atoms with E-state index in [0.29, 0.717) is 11.8 Å². The molecular weight excluding hydrogens is 164 g/mol. The van der Waals surface area contributed by atoms with E-state index >= 15 is 0 Å². The molecule has 0 aromatic heterocycles. The van der Waals surface area contributed by atoms with Crippen molar-refractivity contribution in [2.24, 2.45) is 11.8 Å². The van der Waals surface area contributed by atoms with Crippen LogP contribution in [0.4, 0.5) is 0 Å². The lowest BCUT2D eigenvalue weighted by Crippen LogP contribution is -2.34. The van der Waals surface area contributed by atoms with Crippen LogP contribution in [0.2, 0.25) is 0 Å². The topological polar surface area (TPSA) is 29.5 Å². The quantitative estimate of drug-likeness (QED) is 0.732. The maximum Gasteiger partial charge on any atom is 0.0710 e. The van der Waals surface area contributed by atoms with Crippen LogP contribution in [0, 0.1) is 11.8 Å². The van der Waals surface area contributed by atoms with Gasteiger partial charge >= 0.3 is 0 Å². The Morgan fingerprint density at radius 1 is 1.23 bits per heavy atom. The minimum atomic E-state index is 0.0206.